The maximum atomic E-state index is 2.73. The van der Waals surface area contributed by atoms with E-state index in [0.717, 1.165) is 11.8 Å². The van der Waals surface area contributed by atoms with Gasteiger partial charge < -0.3 is 0 Å². The van der Waals surface area contributed by atoms with E-state index in [9.17, 15) is 0 Å². The number of rotatable bonds is 12. The van der Waals surface area contributed by atoms with Crippen LogP contribution in [-0.2, 0) is 12.8 Å². The quantitative estimate of drug-likeness (QED) is 0.114. The molecular formula is C52H60N2P2. The van der Waals surface area contributed by atoms with E-state index >= 15 is 0 Å². The molecule has 0 aliphatic heterocycles. The molecule has 0 spiro atoms. The van der Waals surface area contributed by atoms with Crippen molar-refractivity contribution in [1.82, 2.24) is 9.34 Å². The molecule has 0 radical (unpaired) electrons. The normalized spacial score (nSPS) is 19.8. The zero-order valence-corrected chi connectivity index (χ0v) is 35.3. The summed E-state index contributed by atoms with van der Waals surface area (Å²) in [6.45, 7) is 0. The van der Waals surface area contributed by atoms with Crippen molar-refractivity contribution in [2.75, 3.05) is 14.1 Å². The molecule has 0 aromatic heterocycles. The molecule has 0 unspecified atom stereocenters. The first-order valence-electron chi connectivity index (χ1n) is 21.0. The Morgan fingerprint density at radius 2 is 0.607 bits per heavy atom. The van der Waals surface area contributed by atoms with Crippen LogP contribution in [0.4, 0.5) is 0 Å². The molecule has 0 saturated heterocycles. The van der Waals surface area contributed by atoms with Gasteiger partial charge in [0.05, 0.1) is 0 Å². The lowest BCUT2D eigenvalue weighted by molar-refractivity contribution is 0.206. The molecule has 8 rings (SSSR count). The summed E-state index contributed by atoms with van der Waals surface area (Å²) in [4.78, 5) is 0. The van der Waals surface area contributed by atoms with E-state index in [1.165, 1.54) is 96.6 Å². The molecule has 0 N–H and O–H groups in total. The average Bonchev–Trinajstić information content (AvgIpc) is 3.27. The Morgan fingerprint density at radius 3 is 0.893 bits per heavy atom. The predicted octanol–water partition coefficient (Wildman–Crippen LogP) is 11.5. The zero-order chi connectivity index (χ0) is 38.4. The van der Waals surface area contributed by atoms with Crippen molar-refractivity contribution in [3.8, 4) is 0 Å². The lowest BCUT2D eigenvalue weighted by Gasteiger charge is -2.42. The van der Waals surface area contributed by atoms with Crippen molar-refractivity contribution in [3.05, 3.63) is 193 Å². The van der Waals surface area contributed by atoms with Gasteiger partial charge in [0, 0.05) is 28.2 Å². The monoisotopic (exact) mass is 774 g/mol. The topological polar surface area (TPSA) is 6.48 Å². The Morgan fingerprint density at radius 1 is 0.357 bits per heavy atom. The number of benzene rings is 6. The Balaban J connectivity index is 0.000000172. The molecule has 0 amide bonds. The fourth-order valence-corrected chi connectivity index (χ4v) is 14.3. The summed E-state index contributed by atoms with van der Waals surface area (Å²) in [7, 11) is 3.74. The first-order chi connectivity index (χ1) is 27.7. The molecule has 2 saturated carbocycles. The van der Waals surface area contributed by atoms with Gasteiger partial charge in [-0.3, -0.25) is 9.34 Å². The second kappa shape index (κ2) is 21.0. The van der Waals surface area contributed by atoms with Gasteiger partial charge in [-0.1, -0.05) is 208 Å². The van der Waals surface area contributed by atoms with Crippen molar-refractivity contribution in [1.29, 1.82) is 0 Å². The molecule has 0 heterocycles. The highest BCUT2D eigenvalue weighted by molar-refractivity contribution is 7.71. The molecular weight excluding hydrogens is 715 g/mol. The minimum Gasteiger partial charge on any atom is -0.275 e. The van der Waals surface area contributed by atoms with Gasteiger partial charge >= 0.3 is 0 Å². The van der Waals surface area contributed by atoms with Crippen molar-refractivity contribution >= 4 is 37.4 Å². The van der Waals surface area contributed by atoms with Gasteiger partial charge in [-0.2, -0.15) is 0 Å². The molecule has 4 atom stereocenters. The molecule has 2 aliphatic carbocycles. The van der Waals surface area contributed by atoms with Gasteiger partial charge in [0.15, 0.2) is 0 Å². The van der Waals surface area contributed by atoms with Crippen LogP contribution < -0.4 is 21.2 Å². The van der Waals surface area contributed by atoms with Crippen LogP contribution in [0.15, 0.2) is 182 Å². The summed E-state index contributed by atoms with van der Waals surface area (Å²) in [5, 5.41) is 5.82. The van der Waals surface area contributed by atoms with E-state index in [4.69, 9.17) is 0 Å². The third-order valence-corrected chi connectivity index (χ3v) is 17.0. The van der Waals surface area contributed by atoms with Crippen LogP contribution in [0.1, 0.15) is 62.5 Å². The Bertz CT molecular complexity index is 1740. The molecule has 2 fully saturated rings. The summed E-state index contributed by atoms with van der Waals surface area (Å²) in [5.74, 6) is 1.47. The molecule has 0 bridgehead atoms. The SMILES string of the molecule is CN([C@@H]1CCCC[C@H]1Cc1ccccc1)P(c1ccccc1)c1ccccc1.CN([C@H]1CCCC[C@@H]1Cc1ccccc1)P(c1ccccc1)c1ccccc1. The smallest absolute Gasteiger partial charge is 0.0281 e. The number of hydrogen-bond donors (Lipinski definition) is 0. The molecule has 4 heteroatoms. The zero-order valence-electron chi connectivity index (χ0n) is 33.5. The lowest BCUT2D eigenvalue weighted by atomic mass is 9.81. The molecule has 2 nitrogen and oxygen atoms in total. The van der Waals surface area contributed by atoms with E-state index < -0.39 is 16.1 Å². The van der Waals surface area contributed by atoms with Crippen molar-refractivity contribution in [3.63, 3.8) is 0 Å². The fraction of sp³-hybridized carbons (Fsp3) is 0.308. The van der Waals surface area contributed by atoms with Crippen molar-refractivity contribution < 1.29 is 0 Å². The van der Waals surface area contributed by atoms with Crippen LogP contribution >= 0.6 is 16.1 Å². The van der Waals surface area contributed by atoms with E-state index in [2.05, 4.69) is 205 Å². The summed E-state index contributed by atoms with van der Waals surface area (Å²) >= 11 is 0. The minimum atomic E-state index is -0.503. The summed E-state index contributed by atoms with van der Waals surface area (Å²) < 4.78 is 5.46. The van der Waals surface area contributed by atoms with E-state index in [1.54, 1.807) is 0 Å². The van der Waals surface area contributed by atoms with Gasteiger partial charge in [0.25, 0.3) is 0 Å². The van der Waals surface area contributed by atoms with Crippen LogP contribution in [0.5, 0.6) is 0 Å². The van der Waals surface area contributed by atoms with Gasteiger partial charge in [-0.15, -0.1) is 0 Å². The van der Waals surface area contributed by atoms with E-state index in [0.29, 0.717) is 12.1 Å². The van der Waals surface area contributed by atoms with Crippen LogP contribution in [0.3, 0.4) is 0 Å². The van der Waals surface area contributed by atoms with E-state index in [1.807, 2.05) is 0 Å². The Hall–Kier alpha value is -3.90. The third-order valence-electron chi connectivity index (χ3n) is 12.0. The second-order valence-electron chi connectivity index (χ2n) is 15.7. The van der Waals surface area contributed by atoms with Crippen LogP contribution in [-0.4, -0.2) is 35.5 Å². The molecule has 288 valence electrons. The Labute approximate surface area is 340 Å². The molecule has 56 heavy (non-hydrogen) atoms. The molecule has 2 aliphatic rings. The van der Waals surface area contributed by atoms with Crippen LogP contribution in [0.2, 0.25) is 0 Å². The first-order valence-corrected chi connectivity index (χ1v) is 23.6. The number of hydrogen-bond acceptors (Lipinski definition) is 2. The van der Waals surface area contributed by atoms with Gasteiger partial charge in [0.1, 0.15) is 0 Å². The standard InChI is InChI=1S/2C26H30NP/c2*1-27(26-20-12-11-15-23(26)21-22-13-5-2-6-14-22)28(24-16-7-3-8-17-24)25-18-9-4-10-19-25/h2*2-10,13-14,16-19,23,26H,11-12,15,20-21H2,1H3/t2*23-,26+/m10/s1. The van der Waals surface area contributed by atoms with Gasteiger partial charge in [-0.05, 0) is 96.8 Å². The highest BCUT2D eigenvalue weighted by atomic mass is 31.1. The predicted molar refractivity (Wildman–Crippen MR) is 245 cm³/mol. The number of nitrogens with zero attached hydrogens (tertiary/aromatic N) is 2. The maximum absolute atomic E-state index is 2.73. The average molecular weight is 775 g/mol. The maximum Gasteiger partial charge on any atom is 0.0281 e. The first kappa shape index (κ1) is 40.3. The lowest BCUT2D eigenvalue weighted by Crippen LogP contribution is -2.41. The largest absolute Gasteiger partial charge is 0.275 e. The second-order valence-corrected chi connectivity index (χ2v) is 20.3. The summed E-state index contributed by atoms with van der Waals surface area (Å²) in [6.07, 6.45) is 13.2. The highest BCUT2D eigenvalue weighted by Crippen LogP contribution is 2.45. The molecule has 6 aromatic rings. The van der Waals surface area contributed by atoms with Crippen molar-refractivity contribution in [2.24, 2.45) is 11.8 Å². The van der Waals surface area contributed by atoms with Crippen molar-refractivity contribution in [2.45, 2.75) is 76.3 Å². The van der Waals surface area contributed by atoms with Crippen LogP contribution in [0, 0.1) is 11.8 Å². The highest BCUT2D eigenvalue weighted by Gasteiger charge is 2.34. The summed E-state index contributed by atoms with van der Waals surface area (Å²) in [5.41, 5.74) is 2.97. The third kappa shape index (κ3) is 10.7. The van der Waals surface area contributed by atoms with Crippen LogP contribution in [0.25, 0.3) is 0 Å². The fourth-order valence-electron chi connectivity index (χ4n) is 9.27. The Kier molecular flexibility index (Phi) is 15.1. The minimum absolute atomic E-state index is 0.503. The summed E-state index contributed by atoms with van der Waals surface area (Å²) in [6, 6.07) is 67.9. The van der Waals surface area contributed by atoms with Gasteiger partial charge in [-0.25, -0.2) is 0 Å². The molecule has 6 aromatic carbocycles. The van der Waals surface area contributed by atoms with E-state index in [-0.39, 0.29) is 0 Å². The van der Waals surface area contributed by atoms with Gasteiger partial charge in [0.2, 0.25) is 0 Å².